The number of hydrogen-bond donors (Lipinski definition) is 1. The van der Waals surface area contributed by atoms with Gasteiger partial charge in [0.25, 0.3) is 0 Å². The largest absolute Gasteiger partial charge is 0.508 e. The fourth-order valence-corrected chi connectivity index (χ4v) is 0.942. The van der Waals surface area contributed by atoms with E-state index in [-0.39, 0.29) is 5.75 Å². The number of hydrogen-bond acceptors (Lipinski definition) is 3. The number of phenols is 1. The summed E-state index contributed by atoms with van der Waals surface area (Å²) in [7, 11) is 0. The third-order valence-electron chi connectivity index (χ3n) is 1.47. The van der Waals surface area contributed by atoms with E-state index in [4.69, 9.17) is 9.52 Å². The molecule has 0 radical (unpaired) electrons. The van der Waals surface area contributed by atoms with E-state index in [9.17, 15) is 4.79 Å². The van der Waals surface area contributed by atoms with E-state index >= 15 is 0 Å². The van der Waals surface area contributed by atoms with E-state index in [0.717, 1.165) is 0 Å². The van der Waals surface area contributed by atoms with Gasteiger partial charge in [-0.1, -0.05) is 6.07 Å². The zero-order valence-corrected chi connectivity index (χ0v) is 6.00. The lowest BCUT2D eigenvalue weighted by Crippen LogP contribution is -1.91. The maximum atomic E-state index is 10.7. The van der Waals surface area contributed by atoms with Crippen molar-refractivity contribution < 1.29 is 9.52 Å². The van der Waals surface area contributed by atoms with Crippen molar-refractivity contribution in [1.29, 1.82) is 0 Å². The summed E-state index contributed by atoms with van der Waals surface area (Å²) in [5.41, 5.74) is -0.271. The van der Waals surface area contributed by atoms with Crippen molar-refractivity contribution in [3.05, 3.63) is 40.8 Å². The molecule has 1 heterocycles. The van der Waals surface area contributed by atoms with Crippen molar-refractivity contribution in [3.63, 3.8) is 0 Å². The number of benzene rings is 1. The van der Waals surface area contributed by atoms with Gasteiger partial charge < -0.3 is 9.52 Å². The summed E-state index contributed by atoms with van der Waals surface area (Å²) in [5, 5.41) is 9.65. The maximum Gasteiger partial charge on any atom is 0.390 e. The first-order chi connectivity index (χ1) is 5.75. The van der Waals surface area contributed by atoms with E-state index in [0.29, 0.717) is 11.0 Å². The molecule has 1 aromatic carbocycles. The molecule has 0 bridgehead atoms. The molecule has 0 amide bonds. The van der Waals surface area contributed by atoms with E-state index < -0.39 is 5.63 Å². The second-order valence-electron chi connectivity index (χ2n) is 2.32. The molecule has 0 unspecified atom stereocenters. The van der Waals surface area contributed by atoms with Crippen molar-refractivity contribution in [2.45, 2.75) is 0 Å². The highest BCUT2D eigenvalue weighted by molar-refractivity contribution is 5.75. The summed E-state index contributed by atoms with van der Waals surface area (Å²) in [4.78, 5) is 10.7. The standard InChI is InChI=1S/C9H4O3/c10-7-3-1-6-2-4-9(11)12-8(6)5-7/h1,3,5,10H. The van der Waals surface area contributed by atoms with Gasteiger partial charge in [-0.05, 0) is 12.1 Å². The van der Waals surface area contributed by atoms with Gasteiger partial charge in [0.05, 0.1) is 5.39 Å². The van der Waals surface area contributed by atoms with Gasteiger partial charge in [-0.3, -0.25) is 0 Å². The van der Waals surface area contributed by atoms with Crippen LogP contribution in [0.2, 0.25) is 0 Å². The molecule has 12 heavy (non-hydrogen) atoms. The molecule has 0 spiro atoms. The summed E-state index contributed by atoms with van der Waals surface area (Å²) >= 11 is 0. The Morgan fingerprint density at radius 2 is 2.17 bits per heavy atom. The highest BCUT2D eigenvalue weighted by atomic mass is 16.4. The summed E-state index contributed by atoms with van der Waals surface area (Å²) in [6.45, 7) is 0. The Kier molecular flexibility index (Phi) is 1.28. The minimum absolute atomic E-state index is 0.0604. The first-order valence-corrected chi connectivity index (χ1v) is 3.32. The average molecular weight is 160 g/mol. The lowest BCUT2D eigenvalue weighted by Gasteiger charge is -1.91. The molecule has 2 aromatic rings. The monoisotopic (exact) mass is 160 g/mol. The number of rotatable bonds is 0. The summed E-state index contributed by atoms with van der Waals surface area (Å²) < 4.78 is 4.74. The molecule has 3 nitrogen and oxygen atoms in total. The minimum Gasteiger partial charge on any atom is -0.508 e. The molecule has 0 fully saturated rings. The van der Waals surface area contributed by atoms with Gasteiger partial charge in [0.1, 0.15) is 5.75 Å². The van der Waals surface area contributed by atoms with Crippen molar-refractivity contribution in [1.82, 2.24) is 0 Å². The molecule has 0 atom stereocenters. The Labute approximate surface area is 67.9 Å². The molecule has 0 aliphatic rings. The van der Waals surface area contributed by atoms with Crippen LogP contribution in [0.4, 0.5) is 0 Å². The van der Waals surface area contributed by atoms with Crippen molar-refractivity contribution in [3.8, 4) is 5.75 Å². The maximum absolute atomic E-state index is 10.7. The molecule has 58 valence electrons. The summed E-state index contributed by atoms with van der Waals surface area (Å²) in [6.07, 6.45) is 0. The van der Waals surface area contributed by atoms with E-state index in [1.807, 2.05) is 0 Å². The van der Waals surface area contributed by atoms with Crippen molar-refractivity contribution in [2.75, 3.05) is 0 Å². The zero-order valence-electron chi connectivity index (χ0n) is 6.00. The topological polar surface area (TPSA) is 50.4 Å². The highest BCUT2D eigenvalue weighted by Crippen LogP contribution is 2.15. The van der Waals surface area contributed by atoms with Crippen LogP contribution in [0, 0.1) is 12.1 Å². The molecule has 2 rings (SSSR count). The second-order valence-corrected chi connectivity index (χ2v) is 2.32. The smallest absolute Gasteiger partial charge is 0.390 e. The van der Waals surface area contributed by atoms with Crippen LogP contribution in [0.5, 0.6) is 5.75 Å². The quantitative estimate of drug-likeness (QED) is 0.627. The van der Waals surface area contributed by atoms with Gasteiger partial charge >= 0.3 is 5.63 Å². The van der Waals surface area contributed by atoms with Crippen molar-refractivity contribution in [2.24, 2.45) is 0 Å². The van der Waals surface area contributed by atoms with Crippen LogP contribution in [-0.2, 0) is 0 Å². The molecule has 1 aromatic heterocycles. The molecule has 0 saturated carbocycles. The molecule has 3 heteroatoms. The Hall–Kier alpha value is -1.95. The molecule has 0 saturated heterocycles. The third kappa shape index (κ3) is 0.995. The molecular formula is C9H4O3. The van der Waals surface area contributed by atoms with Gasteiger partial charge in [-0.25, -0.2) is 4.79 Å². The van der Waals surface area contributed by atoms with Crippen LogP contribution < -0.4 is 5.63 Å². The number of phenolic OH excluding ortho intramolecular Hbond substituents is 1. The predicted molar refractivity (Wildman–Crippen MR) is 41.8 cm³/mol. The third-order valence-corrected chi connectivity index (χ3v) is 1.47. The lowest BCUT2D eigenvalue weighted by atomic mass is 10.2. The number of aromatic hydroxyl groups is 1. The first-order valence-electron chi connectivity index (χ1n) is 3.32. The van der Waals surface area contributed by atoms with E-state index in [2.05, 4.69) is 12.1 Å². The second kappa shape index (κ2) is 2.28. The molecule has 1 N–H and O–H groups in total. The summed E-state index contributed by atoms with van der Waals surface area (Å²) in [6, 6.07) is 9.33. The van der Waals surface area contributed by atoms with Crippen molar-refractivity contribution >= 4 is 11.0 Å². The van der Waals surface area contributed by atoms with E-state index in [1.54, 1.807) is 6.07 Å². The van der Waals surface area contributed by atoms with Crippen LogP contribution in [0.3, 0.4) is 0 Å². The Balaban J connectivity index is 2.89. The fourth-order valence-electron chi connectivity index (χ4n) is 0.942. The van der Waals surface area contributed by atoms with Gasteiger partial charge in [0, 0.05) is 12.1 Å². The zero-order chi connectivity index (χ0) is 8.55. The van der Waals surface area contributed by atoms with Crippen LogP contribution in [0.25, 0.3) is 11.0 Å². The van der Waals surface area contributed by atoms with Gasteiger partial charge in [-0.15, -0.1) is 0 Å². The molecule has 0 aliphatic heterocycles. The predicted octanol–water partition coefficient (Wildman–Crippen LogP) is 1.10. The minimum atomic E-state index is -0.590. The average Bonchev–Trinajstić information content (AvgIpc) is 2.03. The lowest BCUT2D eigenvalue weighted by molar-refractivity contribution is 0.473. The molecular weight excluding hydrogens is 156 g/mol. The van der Waals surface area contributed by atoms with Crippen LogP contribution in [-0.4, -0.2) is 5.11 Å². The molecule has 0 aliphatic carbocycles. The van der Waals surface area contributed by atoms with Gasteiger partial charge in [0.2, 0.25) is 0 Å². The van der Waals surface area contributed by atoms with Crippen LogP contribution in [0.15, 0.2) is 27.4 Å². The number of fused-ring (bicyclic) bond motifs is 1. The first kappa shape index (κ1) is 6.74. The van der Waals surface area contributed by atoms with Gasteiger partial charge in [0.15, 0.2) is 5.58 Å². The fraction of sp³-hybridized carbons (Fsp3) is 0. The normalized spacial score (nSPS) is 9.67. The highest BCUT2D eigenvalue weighted by Gasteiger charge is 1.95. The SMILES string of the molecule is O=c1c#cc2ccc(O)cc2o1. The summed E-state index contributed by atoms with van der Waals surface area (Å²) in [5.74, 6) is 0.0604. The Bertz CT molecular complexity index is 470. The van der Waals surface area contributed by atoms with Crippen LogP contribution in [0.1, 0.15) is 0 Å². The van der Waals surface area contributed by atoms with Crippen LogP contribution >= 0.6 is 0 Å². The van der Waals surface area contributed by atoms with E-state index in [1.165, 1.54) is 12.1 Å². The Morgan fingerprint density at radius 1 is 1.33 bits per heavy atom. The Morgan fingerprint density at radius 3 is 3.00 bits per heavy atom. The van der Waals surface area contributed by atoms with Gasteiger partial charge in [-0.2, -0.15) is 0 Å².